The van der Waals surface area contributed by atoms with Gasteiger partial charge in [-0.1, -0.05) is 166 Å². The van der Waals surface area contributed by atoms with Gasteiger partial charge in [0.2, 0.25) is 5.82 Å². The van der Waals surface area contributed by atoms with Crippen LogP contribution in [0.5, 0.6) is 0 Å². The molecule has 0 unspecified atom stereocenters. The Kier molecular flexibility index (Phi) is 37.4. The fraction of sp³-hybridized carbons (Fsp3) is 0.385. The van der Waals surface area contributed by atoms with Gasteiger partial charge in [-0.15, -0.1) is 0 Å². The zero-order chi connectivity index (χ0) is 111. The number of aryl methyl sites for hydroxylation is 8. The molecule has 10 amide bonds. The van der Waals surface area contributed by atoms with E-state index in [-0.39, 0.29) is 111 Å². The highest BCUT2D eigenvalue weighted by Gasteiger charge is 2.44. The topological polar surface area (TPSA) is 433 Å². The molecule has 2 aromatic heterocycles. The molecule has 10 aromatic rings. The molecule has 0 bridgehead atoms. The Morgan fingerprint density at radius 1 is 0.313 bits per heavy atom. The molecule has 10 N–H and O–H groups in total. The monoisotopic (exact) mass is 2060 g/mol. The third-order valence-corrected chi connectivity index (χ3v) is 25.7. The maximum absolute atomic E-state index is 15.1. The lowest BCUT2D eigenvalue weighted by atomic mass is 9.78. The quantitative estimate of drug-likeness (QED) is 0.0317. The highest BCUT2D eigenvalue weighted by Crippen LogP contribution is 2.34. The smallest absolute Gasteiger partial charge is 0.423 e. The van der Waals surface area contributed by atoms with Crippen LogP contribution in [0.2, 0.25) is 0 Å². The molecule has 33 nitrogen and oxygen atoms in total. The summed E-state index contributed by atoms with van der Waals surface area (Å²) in [6.45, 7) is 50.2. The van der Waals surface area contributed by atoms with Gasteiger partial charge in [0.1, 0.15) is 17.5 Å². The minimum absolute atomic E-state index is 0.0345. The van der Waals surface area contributed by atoms with Crippen LogP contribution in [0.25, 0.3) is 0 Å². The van der Waals surface area contributed by atoms with Crippen LogP contribution in [0.4, 0.5) is 13.2 Å². The van der Waals surface area contributed by atoms with Crippen molar-refractivity contribution in [3.05, 3.63) is 304 Å². The largest absolute Gasteiger partial charge is 0.494 e. The first-order valence-electron chi connectivity index (χ1n) is 49.6. The summed E-state index contributed by atoms with van der Waals surface area (Å²) in [6.07, 6.45) is 1.79. The molecule has 7 heterocycles. The number of carbonyl (C=O) groups excluding carboxylic acids is 10. The van der Waals surface area contributed by atoms with Crippen LogP contribution >= 0.6 is 0 Å². The van der Waals surface area contributed by atoms with E-state index in [0.717, 1.165) is 44.8 Å². The van der Waals surface area contributed by atoms with Crippen LogP contribution in [0.15, 0.2) is 158 Å². The van der Waals surface area contributed by atoms with Crippen LogP contribution in [0.1, 0.15) is 321 Å². The summed E-state index contributed by atoms with van der Waals surface area (Å²) >= 11 is 0. The van der Waals surface area contributed by atoms with E-state index in [4.69, 9.17) is 23.3 Å². The number of hydrogen-bond donors (Lipinski definition) is 10. The molecule has 0 spiro atoms. The number of amides is 10. The fourth-order valence-corrected chi connectivity index (χ4v) is 18.5. The molecule has 3 atom stereocenters. The Bertz CT molecular complexity index is 6700. The Morgan fingerprint density at radius 2 is 0.593 bits per heavy atom. The van der Waals surface area contributed by atoms with Crippen LogP contribution in [0, 0.1) is 89.1 Å². The van der Waals surface area contributed by atoms with Crippen molar-refractivity contribution in [2.45, 2.75) is 262 Å². The van der Waals surface area contributed by atoms with Gasteiger partial charge < -0.3 is 48.4 Å². The number of nitrogens with one attached hydrogen (secondary N) is 5. The van der Waals surface area contributed by atoms with Gasteiger partial charge in [0, 0.05) is 72.5 Å². The van der Waals surface area contributed by atoms with Crippen LogP contribution in [0.3, 0.4) is 0 Å². The maximum Gasteiger partial charge on any atom is 0.494 e. The van der Waals surface area contributed by atoms with E-state index >= 15 is 4.39 Å². The minimum atomic E-state index is -1.41. The Balaban J connectivity index is 0.000000178. The van der Waals surface area contributed by atoms with E-state index in [1.807, 2.05) is 158 Å². The summed E-state index contributed by atoms with van der Waals surface area (Å²) in [5.74, 6) is -7.62. The normalized spacial score (nSPS) is 13.9. The second kappa shape index (κ2) is 48.1. The number of carbonyl (C=O) groups is 10. The summed E-state index contributed by atoms with van der Waals surface area (Å²) in [5.41, 5.74) is 23.2. The average Bonchev–Trinajstić information content (AvgIpc) is 1.58. The SMILES string of the molecule is CC[C@@H](N(NC(=O)c1ccc2c(c1)B(O)OC2)C(=O)c1nc(C)cc(C)n1)C(C)(C)C.CC[C@@H](N(NC(=O)c1ccc2c(c1F)B(O)OC2)C(=O)c1cc(C)cc(C)c1)C(C)(C)C.CC[C@@H](N(NC(=O)c1ccc2c(c1F)B(O)OC2)C(=O)c1ccccc1)C(C)(C)C.Cc1cc(C(=O)N(NC(=O)c2ccc3c(c2)B(O)OC3)C(C)(C)C)cc(C)n1.Cc1cc(C)cc(C(=O)N(NC(=O)c2ccc3c(c2F)B(O)OC3)C(C)(C)C)c1. The van der Waals surface area contributed by atoms with E-state index in [2.05, 4.69) is 42.1 Å². The molecule has 5 aliphatic heterocycles. The van der Waals surface area contributed by atoms with E-state index in [1.165, 1.54) is 49.3 Å². The summed E-state index contributed by atoms with van der Waals surface area (Å²) in [7, 11) is -6.32. The lowest BCUT2D eigenvalue weighted by Gasteiger charge is -2.39. The molecule has 0 saturated carbocycles. The minimum Gasteiger partial charge on any atom is -0.423 e. The van der Waals surface area contributed by atoms with Gasteiger partial charge in [0.25, 0.3) is 53.2 Å². The number of benzene rings is 8. The number of pyridine rings is 1. The van der Waals surface area contributed by atoms with Crippen molar-refractivity contribution in [2.75, 3.05) is 0 Å². The second-order valence-electron chi connectivity index (χ2n) is 43.1. The molecular formula is C109H133B5F3N13O20. The number of aromatic nitrogens is 3. The second-order valence-corrected chi connectivity index (χ2v) is 43.1. The molecule has 41 heteroatoms. The number of rotatable bonds is 16. The van der Waals surface area contributed by atoms with Crippen molar-refractivity contribution in [3.63, 3.8) is 0 Å². The number of nitrogens with zero attached hydrogens (tertiary/aromatic N) is 8. The predicted molar refractivity (Wildman–Crippen MR) is 566 cm³/mol. The molecule has 5 aliphatic rings. The van der Waals surface area contributed by atoms with Crippen molar-refractivity contribution in [1.82, 2.24) is 67.1 Å². The van der Waals surface area contributed by atoms with Gasteiger partial charge >= 0.3 is 41.5 Å². The van der Waals surface area contributed by atoms with E-state index < -0.39 is 105 Å². The summed E-state index contributed by atoms with van der Waals surface area (Å²) in [6, 6.07) is 42.4. The van der Waals surface area contributed by atoms with Crippen molar-refractivity contribution in [2.24, 2.45) is 16.2 Å². The van der Waals surface area contributed by atoms with E-state index in [1.54, 1.807) is 156 Å². The molecular weight excluding hydrogens is 1920 g/mol. The van der Waals surface area contributed by atoms with Gasteiger partial charge in [0.05, 0.1) is 78.9 Å². The molecule has 0 aliphatic carbocycles. The Labute approximate surface area is 875 Å². The van der Waals surface area contributed by atoms with E-state index in [9.17, 15) is 81.8 Å². The Hall–Kier alpha value is -13.6. The molecule has 8 aromatic carbocycles. The zero-order valence-corrected chi connectivity index (χ0v) is 89.9. The summed E-state index contributed by atoms with van der Waals surface area (Å²) in [4.78, 5) is 144. The lowest BCUT2D eigenvalue weighted by molar-refractivity contribution is 0.0275. The number of hydrogen-bond acceptors (Lipinski definition) is 23. The first kappa shape index (κ1) is 117. The molecule has 0 radical (unpaired) electrons. The van der Waals surface area contributed by atoms with Crippen LogP contribution < -0.4 is 54.4 Å². The maximum atomic E-state index is 15.1. The highest BCUT2D eigenvalue weighted by molar-refractivity contribution is 6.63. The fourth-order valence-electron chi connectivity index (χ4n) is 18.5. The molecule has 0 saturated heterocycles. The third-order valence-electron chi connectivity index (χ3n) is 25.7. The van der Waals surface area contributed by atoms with Crippen LogP contribution in [-0.2, 0) is 56.3 Å². The first-order chi connectivity index (χ1) is 70.1. The number of halogens is 3. The van der Waals surface area contributed by atoms with Gasteiger partial charge in [-0.25, -0.2) is 48.2 Å². The van der Waals surface area contributed by atoms with E-state index in [0.29, 0.717) is 105 Å². The molecule has 0 fully saturated rings. The number of hydrazine groups is 5. The summed E-state index contributed by atoms with van der Waals surface area (Å²) in [5, 5.41) is 55.9. The highest BCUT2D eigenvalue weighted by atomic mass is 19.1. The average molecular weight is 2060 g/mol. The van der Waals surface area contributed by atoms with Gasteiger partial charge in [-0.3, -0.25) is 80.1 Å². The van der Waals surface area contributed by atoms with Crippen LogP contribution in [-0.4, -0.2) is 189 Å². The van der Waals surface area contributed by atoms with Gasteiger partial charge in [0.15, 0.2) is 0 Å². The third kappa shape index (κ3) is 28.0. The Morgan fingerprint density at radius 3 is 0.933 bits per heavy atom. The lowest BCUT2D eigenvalue weighted by Crippen LogP contribution is -2.56. The van der Waals surface area contributed by atoms with Crippen molar-refractivity contribution < 1.29 is 110 Å². The van der Waals surface area contributed by atoms with Crippen molar-refractivity contribution >= 4 is 122 Å². The van der Waals surface area contributed by atoms with Crippen molar-refractivity contribution in [1.29, 1.82) is 0 Å². The zero-order valence-electron chi connectivity index (χ0n) is 89.9. The first-order valence-corrected chi connectivity index (χ1v) is 49.6. The number of fused-ring (bicyclic) bond motifs is 5. The molecule has 150 heavy (non-hydrogen) atoms. The standard InChI is InChI=1S/C24H30BFN2O4.C22H26BFN2O4.C22H29BN4O4.C21H24BFN2O4.C20H24BN3O4/c1-7-19(24(4,5)6)28(23(30)17-11-14(2)10-15(3)12-17)27-22(29)18-9-8-16-13-32-25(31)20(16)21(18)26;1-5-17(22(2,3)4)26(21(28)14-9-7-6-8-10-14)25-20(27)16-12-11-15-13-30-23(29)18(15)19(16)24;1-7-18(22(4,5)6)27(21(29)19-24-13(2)10-14(3)25-19)26-20(28)15-8-9-16-12-31-23(30)17(16)11-15;1-12-8-13(2)10-15(9-12)20(27)25(21(3,4)5)24-19(26)16-7-6-14-11-29-22(28)17(14)18(16)23;1-12-8-16(9-13(2)22-12)19(26)24(20(3,4)5)23-18(25)14-6-7-15-11-28-21(27)17(15)10-14/h8-12,19,31H,7,13H2,1-6H3,(H,27,29);6-12,17,29H,5,13H2,1-4H3,(H,25,27);8-11,18,30H,7,12H2,1-6H3,(H,26,28);6-10,28H,11H2,1-5H3,(H,24,26);6-10,27H,11H2,1-5H3,(H,23,25)/t19-;17-;18-;;/m111../s1. The van der Waals surface area contributed by atoms with Gasteiger partial charge in [-0.2, -0.15) is 0 Å². The van der Waals surface area contributed by atoms with Crippen molar-refractivity contribution in [3.8, 4) is 0 Å². The molecule has 790 valence electrons. The molecule has 15 rings (SSSR count). The summed E-state index contributed by atoms with van der Waals surface area (Å²) < 4.78 is 70.3. The van der Waals surface area contributed by atoms with Gasteiger partial charge in [-0.05, 0) is 268 Å². The predicted octanol–water partition coefficient (Wildman–Crippen LogP) is 11.6.